The summed E-state index contributed by atoms with van der Waals surface area (Å²) in [5.74, 6) is -5.25. The summed E-state index contributed by atoms with van der Waals surface area (Å²) in [4.78, 5) is 40.9. The summed E-state index contributed by atoms with van der Waals surface area (Å²) in [6.45, 7) is 1.25. The zero-order chi connectivity index (χ0) is 36.6. The normalized spacial score (nSPS) is 14.0. The Morgan fingerprint density at radius 1 is 1.00 bits per heavy atom. The number of para-hydroxylation sites is 1. The van der Waals surface area contributed by atoms with Gasteiger partial charge in [0.05, 0.1) is 42.5 Å². The van der Waals surface area contributed by atoms with E-state index in [0.29, 0.717) is 30.7 Å². The zero-order valence-corrected chi connectivity index (χ0v) is 27.4. The fraction of sp³-hybridized carbons (Fsp3) is 0.270. The minimum absolute atomic E-state index is 0.0267. The van der Waals surface area contributed by atoms with Crippen LogP contribution in [-0.2, 0) is 33.9 Å². The number of hydrogen-bond acceptors (Lipinski definition) is 6. The number of methoxy groups -OCH3 is 1. The number of pyridine rings is 1. The molecule has 0 unspecified atom stereocenters. The molecule has 0 saturated carbocycles. The highest BCUT2D eigenvalue weighted by Gasteiger charge is 2.38. The number of carbonyl (C=O) groups excluding carboxylic acids is 1. The van der Waals surface area contributed by atoms with Gasteiger partial charge in [-0.1, -0.05) is 54.6 Å². The molecule has 1 atom stereocenters. The number of alkyl halides is 3. The van der Waals surface area contributed by atoms with Crippen molar-refractivity contribution in [2.75, 3.05) is 38.4 Å². The molecule has 1 amide bonds. The van der Waals surface area contributed by atoms with Crippen LogP contribution < -0.4 is 15.8 Å². The van der Waals surface area contributed by atoms with Crippen LogP contribution in [0.2, 0.25) is 0 Å². The number of carboxylic acid groups (broad SMARTS) is 1. The number of hydrogen-bond donors (Lipinski definition) is 2. The summed E-state index contributed by atoms with van der Waals surface area (Å²) in [5.41, 5.74) is -3.02. The topological polar surface area (TPSA) is 110 Å². The third kappa shape index (κ3) is 6.76. The van der Waals surface area contributed by atoms with E-state index in [1.807, 2.05) is 0 Å². The number of aromatic nitrogens is 1. The number of aliphatic carboxylic acids is 1. The third-order valence-corrected chi connectivity index (χ3v) is 9.08. The number of benzene rings is 4. The summed E-state index contributed by atoms with van der Waals surface area (Å²) in [7, 11) is 2.86. The molecule has 2 N–H and O–H groups in total. The predicted molar refractivity (Wildman–Crippen MR) is 180 cm³/mol. The Balaban J connectivity index is 1.35. The molecule has 0 spiro atoms. The molecular weight excluding hydrogens is 677 g/mol. The summed E-state index contributed by atoms with van der Waals surface area (Å²) in [6, 6.07) is 14.7. The van der Waals surface area contributed by atoms with Crippen molar-refractivity contribution in [2.24, 2.45) is 7.05 Å². The average Bonchev–Trinajstić information content (AvgIpc) is 3.06. The van der Waals surface area contributed by atoms with Crippen molar-refractivity contribution in [1.82, 2.24) is 9.88 Å². The van der Waals surface area contributed by atoms with E-state index in [9.17, 15) is 32.7 Å². The van der Waals surface area contributed by atoms with Gasteiger partial charge in [-0.2, -0.15) is 13.2 Å². The van der Waals surface area contributed by atoms with Gasteiger partial charge in [-0.3, -0.25) is 9.59 Å². The van der Waals surface area contributed by atoms with Gasteiger partial charge in [0, 0.05) is 38.2 Å². The van der Waals surface area contributed by atoms with Crippen molar-refractivity contribution in [3.8, 4) is 11.1 Å². The number of carbonyl (C=O) groups is 2. The molecule has 5 aromatic rings. The van der Waals surface area contributed by atoms with E-state index in [2.05, 4.69) is 5.32 Å². The highest BCUT2D eigenvalue weighted by atomic mass is 19.4. The first-order chi connectivity index (χ1) is 24.3. The summed E-state index contributed by atoms with van der Waals surface area (Å²) >= 11 is 0. The van der Waals surface area contributed by atoms with Crippen LogP contribution in [0.1, 0.15) is 21.5 Å². The molecule has 266 valence electrons. The van der Waals surface area contributed by atoms with Crippen LogP contribution in [0.25, 0.3) is 32.8 Å². The molecule has 2 heterocycles. The van der Waals surface area contributed by atoms with Crippen molar-refractivity contribution < 1.29 is 46.1 Å². The summed E-state index contributed by atoms with van der Waals surface area (Å²) < 4.78 is 86.2. The van der Waals surface area contributed by atoms with Crippen molar-refractivity contribution in [3.63, 3.8) is 0 Å². The fourth-order valence-electron chi connectivity index (χ4n) is 6.52. The number of ether oxygens (including phenoxy) is 2. The molecule has 51 heavy (non-hydrogen) atoms. The first-order valence-electron chi connectivity index (χ1n) is 15.9. The van der Waals surface area contributed by atoms with Crippen LogP contribution in [0.5, 0.6) is 0 Å². The second kappa shape index (κ2) is 14.1. The van der Waals surface area contributed by atoms with Gasteiger partial charge in [0.1, 0.15) is 23.2 Å². The van der Waals surface area contributed by atoms with Gasteiger partial charge in [0.15, 0.2) is 0 Å². The van der Waals surface area contributed by atoms with Gasteiger partial charge in [-0.25, -0.2) is 13.6 Å². The number of nitrogens with zero attached hydrogens (tertiary/aromatic N) is 2. The van der Waals surface area contributed by atoms with Crippen molar-refractivity contribution in [2.45, 2.75) is 24.7 Å². The van der Waals surface area contributed by atoms with Crippen LogP contribution in [0.4, 0.5) is 27.6 Å². The summed E-state index contributed by atoms with van der Waals surface area (Å²) in [5, 5.41) is 12.6. The smallest absolute Gasteiger partial charge is 0.417 e. The van der Waals surface area contributed by atoms with Gasteiger partial charge >= 0.3 is 12.1 Å². The lowest BCUT2D eigenvalue weighted by Crippen LogP contribution is -2.50. The van der Waals surface area contributed by atoms with E-state index in [-0.39, 0.29) is 40.2 Å². The molecule has 4 aromatic carbocycles. The first-order valence-corrected chi connectivity index (χ1v) is 15.9. The maximum atomic E-state index is 15.4. The van der Waals surface area contributed by atoms with Crippen molar-refractivity contribution in [3.05, 3.63) is 111 Å². The quantitative estimate of drug-likeness (QED) is 0.164. The molecule has 1 fully saturated rings. The zero-order valence-electron chi connectivity index (χ0n) is 27.4. The van der Waals surface area contributed by atoms with Crippen LogP contribution >= 0.6 is 0 Å². The summed E-state index contributed by atoms with van der Waals surface area (Å²) in [6.07, 6.45) is -5.31. The van der Waals surface area contributed by atoms with E-state index in [1.54, 1.807) is 11.0 Å². The lowest BCUT2D eigenvalue weighted by molar-refractivity contribution is -0.139. The van der Waals surface area contributed by atoms with Crippen LogP contribution in [0.3, 0.4) is 0 Å². The number of rotatable bonds is 11. The van der Waals surface area contributed by atoms with Crippen molar-refractivity contribution >= 4 is 39.2 Å². The van der Waals surface area contributed by atoms with E-state index in [4.69, 9.17) is 9.47 Å². The fourth-order valence-corrected chi connectivity index (χ4v) is 6.52. The number of aryl methyl sites for hydroxylation is 1. The van der Waals surface area contributed by atoms with Gasteiger partial charge in [0.25, 0.3) is 11.5 Å². The minimum atomic E-state index is -4.91. The van der Waals surface area contributed by atoms with Crippen LogP contribution in [0.15, 0.2) is 77.6 Å². The highest BCUT2D eigenvalue weighted by Crippen LogP contribution is 2.42. The molecule has 9 nitrogen and oxygen atoms in total. The second-order valence-electron chi connectivity index (χ2n) is 12.2. The Bertz CT molecular complexity index is 2190. The Labute approximate surface area is 287 Å². The van der Waals surface area contributed by atoms with Crippen LogP contribution in [0, 0.1) is 11.6 Å². The minimum Gasteiger partial charge on any atom is -0.480 e. The van der Waals surface area contributed by atoms with Crippen LogP contribution in [-0.4, -0.2) is 67.1 Å². The SMILES string of the molecule is COCCN(c1cc(F)c(C(=O)N[C@@H](Cc2cccc3c(-c4c(C(F)(F)F)c5ccccc5n(C)c4=O)cccc23)C(=O)O)c(F)c1)C1COC1. The number of carboxylic acids is 1. The van der Waals surface area contributed by atoms with E-state index in [1.165, 1.54) is 68.8 Å². The lowest BCUT2D eigenvalue weighted by Gasteiger charge is -2.39. The predicted octanol–water partition coefficient (Wildman–Crippen LogP) is 5.93. The number of amides is 1. The van der Waals surface area contributed by atoms with Gasteiger partial charge in [-0.05, 0) is 40.1 Å². The molecular formula is C37H32F5N3O6. The molecule has 1 saturated heterocycles. The third-order valence-electron chi connectivity index (χ3n) is 9.08. The van der Waals surface area contributed by atoms with E-state index < -0.39 is 64.4 Å². The number of halogens is 5. The Kier molecular flexibility index (Phi) is 9.82. The highest BCUT2D eigenvalue weighted by molar-refractivity contribution is 6.02. The second-order valence-corrected chi connectivity index (χ2v) is 12.2. The van der Waals surface area contributed by atoms with Gasteiger partial charge < -0.3 is 29.4 Å². The van der Waals surface area contributed by atoms with Gasteiger partial charge in [0.2, 0.25) is 0 Å². The largest absolute Gasteiger partial charge is 0.480 e. The van der Waals surface area contributed by atoms with E-state index >= 15 is 8.78 Å². The lowest BCUT2D eigenvalue weighted by atomic mass is 9.90. The standard InChI is InChI=1S/C37H32F5N3O6/c1-44-30-12-4-3-8-26(30)33(37(40,41)42)31(35(44)47)25-11-6-9-23-20(7-5-10-24(23)25)15-29(36(48)49)43-34(46)32-27(38)16-21(17-28(32)39)45(13-14-50-2)22-18-51-19-22/h3-12,16-17,22,29H,13-15,18-19H2,1-2H3,(H,43,46)(H,48,49)/t29-/m0/s1. The number of anilines is 1. The molecule has 0 aliphatic carbocycles. The average molecular weight is 710 g/mol. The molecule has 6 rings (SSSR count). The molecule has 0 bridgehead atoms. The Morgan fingerprint density at radius 2 is 1.65 bits per heavy atom. The molecule has 1 aliphatic heterocycles. The Hall–Kier alpha value is -5.34. The first kappa shape index (κ1) is 35.5. The maximum Gasteiger partial charge on any atom is 0.417 e. The Morgan fingerprint density at radius 3 is 2.27 bits per heavy atom. The van der Waals surface area contributed by atoms with Crippen molar-refractivity contribution in [1.29, 1.82) is 0 Å². The molecule has 14 heteroatoms. The molecule has 0 radical (unpaired) electrons. The van der Waals surface area contributed by atoms with E-state index in [0.717, 1.165) is 16.7 Å². The monoisotopic (exact) mass is 709 g/mol. The number of nitrogens with one attached hydrogen (secondary N) is 1. The molecule has 1 aromatic heterocycles. The molecule has 1 aliphatic rings. The van der Waals surface area contributed by atoms with Gasteiger partial charge in [-0.15, -0.1) is 0 Å². The maximum absolute atomic E-state index is 15.4. The number of fused-ring (bicyclic) bond motifs is 2.